The summed E-state index contributed by atoms with van der Waals surface area (Å²) in [7, 11) is 2.95. The Morgan fingerprint density at radius 1 is 0.824 bits per heavy atom. The Morgan fingerprint density at radius 2 is 1.62 bits per heavy atom. The quantitative estimate of drug-likeness (QED) is 0.299. The topological polar surface area (TPSA) is 91.3 Å². The van der Waals surface area contributed by atoms with Gasteiger partial charge in [-0.25, -0.2) is 4.98 Å². The van der Waals surface area contributed by atoms with Crippen LogP contribution in [0.4, 0.5) is 0 Å². The molecule has 0 bridgehead atoms. The first kappa shape index (κ1) is 23.4. The molecule has 0 aliphatic carbocycles. The van der Waals surface area contributed by atoms with Crippen LogP contribution in [0.3, 0.4) is 0 Å². The van der Waals surface area contributed by atoms with E-state index in [1.54, 1.807) is 36.5 Å². The van der Waals surface area contributed by atoms with Gasteiger partial charge in [-0.15, -0.1) is 0 Å². The van der Waals surface area contributed by atoms with Crippen LogP contribution < -0.4 is 9.47 Å². The fraction of sp³-hybridized carbons (Fsp3) is 0.0800. The zero-order chi connectivity index (χ0) is 24.2. The van der Waals surface area contributed by atoms with Crippen molar-refractivity contribution in [2.75, 3.05) is 14.2 Å². The van der Waals surface area contributed by atoms with Crippen molar-refractivity contribution in [2.24, 2.45) is 0 Å². The summed E-state index contributed by atoms with van der Waals surface area (Å²) >= 11 is 13.7. The molecular formula is C25H17Cl2N3O4. The lowest BCUT2D eigenvalue weighted by atomic mass is 9.99. The zero-order valence-electron chi connectivity index (χ0n) is 18.1. The van der Waals surface area contributed by atoms with Gasteiger partial charge in [0.15, 0.2) is 12.6 Å². The summed E-state index contributed by atoms with van der Waals surface area (Å²) in [6.07, 6.45) is 4.41. The maximum absolute atomic E-state index is 11.2. The number of hydrogen-bond donors (Lipinski definition) is 0. The molecule has 0 spiro atoms. The van der Waals surface area contributed by atoms with Crippen molar-refractivity contribution >= 4 is 35.8 Å². The van der Waals surface area contributed by atoms with E-state index in [1.165, 1.54) is 20.4 Å². The van der Waals surface area contributed by atoms with E-state index in [-0.39, 0.29) is 5.88 Å². The van der Waals surface area contributed by atoms with Crippen LogP contribution in [-0.4, -0.2) is 41.7 Å². The lowest BCUT2D eigenvalue weighted by Gasteiger charge is -2.16. The van der Waals surface area contributed by atoms with Crippen molar-refractivity contribution < 1.29 is 19.1 Å². The van der Waals surface area contributed by atoms with Crippen molar-refractivity contribution in [3.63, 3.8) is 0 Å². The molecule has 0 atom stereocenters. The smallest absolute Gasteiger partial charge is 0.224 e. The molecule has 0 amide bonds. The van der Waals surface area contributed by atoms with Gasteiger partial charge in [-0.2, -0.15) is 0 Å². The van der Waals surface area contributed by atoms with Crippen LogP contribution >= 0.6 is 23.2 Å². The molecule has 7 nitrogen and oxygen atoms in total. The molecule has 0 unspecified atom stereocenters. The van der Waals surface area contributed by atoms with Gasteiger partial charge in [0.05, 0.1) is 47.4 Å². The van der Waals surface area contributed by atoms with Crippen molar-refractivity contribution in [1.29, 1.82) is 0 Å². The van der Waals surface area contributed by atoms with Crippen LogP contribution in [0, 0.1) is 0 Å². The minimum absolute atomic E-state index is 0.196. The van der Waals surface area contributed by atoms with Gasteiger partial charge in [-0.05, 0) is 24.3 Å². The van der Waals surface area contributed by atoms with Gasteiger partial charge >= 0.3 is 0 Å². The molecule has 4 aromatic rings. The first-order valence-corrected chi connectivity index (χ1v) is 10.7. The van der Waals surface area contributed by atoms with Gasteiger partial charge in [0, 0.05) is 28.5 Å². The Morgan fingerprint density at radius 3 is 2.26 bits per heavy atom. The van der Waals surface area contributed by atoms with Crippen LogP contribution in [0.25, 0.3) is 33.6 Å². The normalized spacial score (nSPS) is 10.6. The Balaban J connectivity index is 1.89. The van der Waals surface area contributed by atoms with Gasteiger partial charge in [-0.3, -0.25) is 19.6 Å². The molecule has 4 rings (SSSR count). The molecule has 3 heterocycles. The minimum atomic E-state index is 0.196. The summed E-state index contributed by atoms with van der Waals surface area (Å²) in [6, 6.07) is 12.0. The lowest BCUT2D eigenvalue weighted by molar-refractivity contribution is 0.111. The molecule has 34 heavy (non-hydrogen) atoms. The van der Waals surface area contributed by atoms with E-state index in [0.29, 0.717) is 73.3 Å². The lowest BCUT2D eigenvalue weighted by Crippen LogP contribution is -1.98. The number of benzene rings is 1. The standard InChI is InChI=1S/C25H17Cl2N3O4/c1-33-20-11-29-24(14-6-8-16(13-32)28-10-14)23(27)21(20)18-5-3-4-17(22(18)26)19-9-7-15(12-31)25(30-19)34-2/h3-13H,1-2H3. The van der Waals surface area contributed by atoms with Gasteiger partial charge in [-0.1, -0.05) is 41.4 Å². The number of halogens is 2. The fourth-order valence-corrected chi connectivity index (χ4v) is 4.14. The fourth-order valence-electron chi connectivity index (χ4n) is 3.47. The number of nitrogens with zero attached hydrogens (tertiary/aromatic N) is 3. The molecule has 1 aromatic carbocycles. The highest BCUT2D eigenvalue weighted by molar-refractivity contribution is 6.39. The summed E-state index contributed by atoms with van der Waals surface area (Å²) in [5.74, 6) is 0.620. The second kappa shape index (κ2) is 9.99. The third-order valence-corrected chi connectivity index (χ3v) is 5.91. The van der Waals surface area contributed by atoms with Crippen LogP contribution in [-0.2, 0) is 0 Å². The average Bonchev–Trinajstić information content (AvgIpc) is 2.88. The first-order valence-electron chi connectivity index (χ1n) is 9.96. The Labute approximate surface area is 205 Å². The molecule has 0 aliphatic heterocycles. The number of aldehydes is 2. The van der Waals surface area contributed by atoms with Crippen LogP contribution in [0.5, 0.6) is 11.6 Å². The predicted octanol–water partition coefficient (Wildman–Crippen LogP) is 5.82. The van der Waals surface area contributed by atoms with E-state index in [4.69, 9.17) is 32.7 Å². The first-order chi connectivity index (χ1) is 16.5. The summed E-state index contributed by atoms with van der Waals surface area (Å²) in [5, 5.41) is 0.684. The molecule has 0 saturated heterocycles. The number of aromatic nitrogens is 3. The molecule has 0 radical (unpaired) electrons. The average molecular weight is 494 g/mol. The molecule has 9 heteroatoms. The van der Waals surface area contributed by atoms with Crippen LogP contribution in [0.2, 0.25) is 10.0 Å². The largest absolute Gasteiger partial charge is 0.494 e. The zero-order valence-corrected chi connectivity index (χ0v) is 19.6. The molecule has 0 saturated carbocycles. The summed E-state index contributed by atoms with van der Waals surface area (Å²) in [5.41, 5.74) is 3.99. The molecule has 0 aliphatic rings. The van der Waals surface area contributed by atoms with Crippen LogP contribution in [0.15, 0.2) is 54.9 Å². The van der Waals surface area contributed by atoms with Gasteiger partial charge in [0.2, 0.25) is 5.88 Å². The SMILES string of the molecule is COc1cnc(-c2ccc(C=O)nc2)c(Cl)c1-c1cccc(-c2ccc(C=O)c(OC)n2)c1Cl. The highest BCUT2D eigenvalue weighted by atomic mass is 35.5. The number of ether oxygens (including phenoxy) is 2. The number of carbonyl (C=O) groups excluding carboxylic acids is 2. The van der Waals surface area contributed by atoms with E-state index >= 15 is 0 Å². The second-order valence-electron chi connectivity index (χ2n) is 7.03. The maximum atomic E-state index is 11.2. The number of hydrogen-bond acceptors (Lipinski definition) is 7. The van der Waals surface area contributed by atoms with E-state index in [0.717, 1.165) is 0 Å². The number of carbonyl (C=O) groups is 2. The summed E-state index contributed by atoms with van der Waals surface area (Å²) in [4.78, 5) is 35.1. The summed E-state index contributed by atoms with van der Waals surface area (Å²) in [6.45, 7) is 0. The Hall–Kier alpha value is -3.81. The third-order valence-electron chi connectivity index (χ3n) is 5.14. The maximum Gasteiger partial charge on any atom is 0.224 e. The number of rotatable bonds is 7. The molecule has 3 aromatic heterocycles. The molecular weight excluding hydrogens is 477 g/mol. The van der Waals surface area contributed by atoms with Crippen molar-refractivity contribution in [3.8, 4) is 45.3 Å². The molecule has 0 fully saturated rings. The van der Waals surface area contributed by atoms with Crippen molar-refractivity contribution in [3.05, 3.63) is 76.2 Å². The Kier molecular flexibility index (Phi) is 6.86. The highest BCUT2D eigenvalue weighted by Gasteiger charge is 2.21. The van der Waals surface area contributed by atoms with Gasteiger partial charge in [0.25, 0.3) is 0 Å². The number of methoxy groups -OCH3 is 2. The number of pyridine rings is 3. The van der Waals surface area contributed by atoms with E-state index < -0.39 is 0 Å². The monoisotopic (exact) mass is 493 g/mol. The highest BCUT2D eigenvalue weighted by Crippen LogP contribution is 2.45. The predicted molar refractivity (Wildman–Crippen MR) is 130 cm³/mol. The molecule has 170 valence electrons. The van der Waals surface area contributed by atoms with Crippen molar-refractivity contribution in [1.82, 2.24) is 15.0 Å². The van der Waals surface area contributed by atoms with Gasteiger partial charge in [0.1, 0.15) is 11.4 Å². The van der Waals surface area contributed by atoms with E-state index in [2.05, 4.69) is 15.0 Å². The van der Waals surface area contributed by atoms with Gasteiger partial charge < -0.3 is 9.47 Å². The van der Waals surface area contributed by atoms with E-state index in [1.807, 2.05) is 12.1 Å². The van der Waals surface area contributed by atoms with E-state index in [9.17, 15) is 9.59 Å². The van der Waals surface area contributed by atoms with Crippen molar-refractivity contribution in [2.45, 2.75) is 0 Å². The Bertz CT molecular complexity index is 1390. The van der Waals surface area contributed by atoms with Crippen LogP contribution in [0.1, 0.15) is 20.8 Å². The second-order valence-corrected chi connectivity index (χ2v) is 7.79. The third kappa shape index (κ3) is 4.23. The minimum Gasteiger partial charge on any atom is -0.494 e. The summed E-state index contributed by atoms with van der Waals surface area (Å²) < 4.78 is 10.8. The molecule has 0 N–H and O–H groups in total.